The van der Waals surface area contributed by atoms with Crippen LogP contribution in [0.4, 0.5) is 11.4 Å². The highest BCUT2D eigenvalue weighted by atomic mass is 16.2. The average molecular weight is 324 g/mol. The van der Waals surface area contributed by atoms with Crippen molar-refractivity contribution in [2.45, 2.75) is 33.6 Å². The number of benzene rings is 2. The van der Waals surface area contributed by atoms with Crippen LogP contribution in [0.15, 0.2) is 48.5 Å². The Kier molecular flexibility index (Phi) is 6.13. The van der Waals surface area contributed by atoms with Gasteiger partial charge in [0.15, 0.2) is 0 Å². The molecule has 24 heavy (non-hydrogen) atoms. The van der Waals surface area contributed by atoms with E-state index in [4.69, 9.17) is 0 Å². The molecule has 2 amide bonds. The molecule has 0 saturated carbocycles. The van der Waals surface area contributed by atoms with Crippen molar-refractivity contribution < 1.29 is 9.59 Å². The van der Waals surface area contributed by atoms with E-state index in [1.54, 1.807) is 4.90 Å². The van der Waals surface area contributed by atoms with E-state index in [0.717, 1.165) is 28.9 Å². The van der Waals surface area contributed by atoms with Crippen molar-refractivity contribution in [1.29, 1.82) is 0 Å². The first kappa shape index (κ1) is 17.7. The molecule has 0 spiro atoms. The lowest BCUT2D eigenvalue weighted by Gasteiger charge is -2.23. The van der Waals surface area contributed by atoms with Crippen LogP contribution in [0, 0.1) is 6.92 Å². The maximum absolute atomic E-state index is 12.2. The molecule has 0 heterocycles. The van der Waals surface area contributed by atoms with Crippen LogP contribution in [0.3, 0.4) is 0 Å². The Labute approximate surface area is 143 Å². The highest BCUT2D eigenvalue weighted by Gasteiger charge is 2.15. The van der Waals surface area contributed by atoms with Crippen LogP contribution in [0.25, 0.3) is 0 Å². The minimum atomic E-state index is -0.0981. The third-order valence-corrected chi connectivity index (χ3v) is 3.94. The summed E-state index contributed by atoms with van der Waals surface area (Å²) >= 11 is 0. The van der Waals surface area contributed by atoms with Gasteiger partial charge in [0.25, 0.3) is 0 Å². The molecule has 0 bridgehead atoms. The van der Waals surface area contributed by atoms with Gasteiger partial charge >= 0.3 is 0 Å². The minimum absolute atomic E-state index is 0.0564. The zero-order chi connectivity index (χ0) is 17.5. The number of aryl methyl sites for hydroxylation is 2. The van der Waals surface area contributed by atoms with E-state index in [-0.39, 0.29) is 18.2 Å². The molecule has 1 N–H and O–H groups in total. The minimum Gasteiger partial charge on any atom is -0.326 e. The summed E-state index contributed by atoms with van der Waals surface area (Å²) in [6.45, 7) is 5.96. The number of anilines is 2. The fourth-order valence-electron chi connectivity index (χ4n) is 2.59. The van der Waals surface area contributed by atoms with Gasteiger partial charge in [0.05, 0.1) is 0 Å². The smallest absolute Gasteiger partial charge is 0.226 e. The lowest BCUT2D eigenvalue weighted by atomic mass is 10.1. The van der Waals surface area contributed by atoms with Crippen LogP contribution < -0.4 is 10.2 Å². The molecule has 0 aliphatic rings. The summed E-state index contributed by atoms with van der Waals surface area (Å²) < 4.78 is 0. The molecule has 0 unspecified atom stereocenters. The molecule has 0 aliphatic heterocycles. The van der Waals surface area contributed by atoms with Crippen molar-refractivity contribution >= 4 is 23.2 Å². The molecule has 0 aliphatic carbocycles. The van der Waals surface area contributed by atoms with Gasteiger partial charge in [0.2, 0.25) is 11.8 Å². The largest absolute Gasteiger partial charge is 0.326 e. The van der Waals surface area contributed by atoms with Crippen molar-refractivity contribution in [3.8, 4) is 0 Å². The fourth-order valence-corrected chi connectivity index (χ4v) is 2.59. The van der Waals surface area contributed by atoms with E-state index >= 15 is 0 Å². The second kappa shape index (κ2) is 8.29. The zero-order valence-corrected chi connectivity index (χ0v) is 14.5. The Morgan fingerprint density at radius 1 is 1.04 bits per heavy atom. The van der Waals surface area contributed by atoms with Crippen LogP contribution in [0.5, 0.6) is 0 Å². The Bertz CT molecular complexity index is 708. The first-order chi connectivity index (χ1) is 11.5. The van der Waals surface area contributed by atoms with E-state index < -0.39 is 0 Å². The van der Waals surface area contributed by atoms with E-state index in [0.29, 0.717) is 6.54 Å². The normalized spacial score (nSPS) is 10.3. The number of carbonyl (C=O) groups is 2. The van der Waals surface area contributed by atoms with Crippen molar-refractivity contribution in [2.75, 3.05) is 16.8 Å². The maximum atomic E-state index is 12.2. The van der Waals surface area contributed by atoms with Crippen LogP contribution in [0.2, 0.25) is 0 Å². The predicted octanol–water partition coefficient (Wildman–Crippen LogP) is 3.94. The molecule has 4 heteroatoms. The summed E-state index contributed by atoms with van der Waals surface area (Å²) in [5.74, 6) is -0.155. The van der Waals surface area contributed by atoms with Gasteiger partial charge in [0, 0.05) is 31.3 Å². The number of amides is 2. The van der Waals surface area contributed by atoms with Gasteiger partial charge in [-0.3, -0.25) is 9.59 Å². The molecule has 0 radical (unpaired) electrons. The van der Waals surface area contributed by atoms with Crippen LogP contribution in [0.1, 0.15) is 31.4 Å². The monoisotopic (exact) mass is 324 g/mol. The second-order valence-electron chi connectivity index (χ2n) is 5.82. The van der Waals surface area contributed by atoms with Crippen LogP contribution >= 0.6 is 0 Å². The number of rotatable bonds is 6. The van der Waals surface area contributed by atoms with Crippen molar-refractivity contribution in [2.24, 2.45) is 0 Å². The summed E-state index contributed by atoms with van der Waals surface area (Å²) in [7, 11) is 0. The second-order valence-corrected chi connectivity index (χ2v) is 5.82. The molecule has 0 atom stereocenters. The van der Waals surface area contributed by atoms with Gasteiger partial charge in [-0.05, 0) is 37.1 Å². The van der Waals surface area contributed by atoms with Gasteiger partial charge in [-0.15, -0.1) is 0 Å². The number of hydrogen-bond donors (Lipinski definition) is 1. The lowest BCUT2D eigenvalue weighted by molar-refractivity contribution is -0.117. The molecule has 2 rings (SSSR count). The zero-order valence-electron chi connectivity index (χ0n) is 14.5. The van der Waals surface area contributed by atoms with Gasteiger partial charge in [-0.1, -0.05) is 42.8 Å². The van der Waals surface area contributed by atoms with E-state index in [2.05, 4.69) is 12.2 Å². The summed E-state index contributed by atoms with van der Waals surface area (Å²) in [6.07, 6.45) is 1.10. The number of para-hydroxylation sites is 1. The van der Waals surface area contributed by atoms with Crippen molar-refractivity contribution in [3.05, 3.63) is 59.7 Å². The number of nitrogens with one attached hydrogen (secondary N) is 1. The third-order valence-electron chi connectivity index (χ3n) is 3.94. The number of nitrogens with zero attached hydrogens (tertiary/aromatic N) is 1. The molecule has 2 aromatic carbocycles. The fraction of sp³-hybridized carbons (Fsp3) is 0.300. The van der Waals surface area contributed by atoms with Crippen LogP contribution in [-0.2, 0) is 16.0 Å². The van der Waals surface area contributed by atoms with E-state index in [1.807, 2.05) is 55.5 Å². The Morgan fingerprint density at radius 3 is 2.33 bits per heavy atom. The Hall–Kier alpha value is -2.62. The van der Waals surface area contributed by atoms with E-state index in [1.165, 1.54) is 6.92 Å². The number of carbonyl (C=O) groups excluding carboxylic acids is 2. The highest BCUT2D eigenvalue weighted by Crippen LogP contribution is 2.21. The first-order valence-electron chi connectivity index (χ1n) is 8.23. The molecule has 0 aromatic heterocycles. The number of hydrogen-bond acceptors (Lipinski definition) is 2. The summed E-state index contributed by atoms with van der Waals surface area (Å²) in [6, 6.07) is 15.5. The summed E-state index contributed by atoms with van der Waals surface area (Å²) in [4.78, 5) is 25.9. The first-order valence-corrected chi connectivity index (χ1v) is 8.23. The summed E-state index contributed by atoms with van der Waals surface area (Å²) in [5.41, 5.74) is 3.91. The van der Waals surface area contributed by atoms with Gasteiger partial charge < -0.3 is 10.2 Å². The molecule has 0 fully saturated rings. The van der Waals surface area contributed by atoms with Gasteiger partial charge in [-0.2, -0.15) is 0 Å². The SMILES string of the molecule is CCc1ccccc1N(CCC(=O)Nc1ccc(C)cc1)C(C)=O. The van der Waals surface area contributed by atoms with E-state index in [9.17, 15) is 9.59 Å². The predicted molar refractivity (Wildman–Crippen MR) is 98.3 cm³/mol. The molecule has 2 aromatic rings. The lowest BCUT2D eigenvalue weighted by Crippen LogP contribution is -2.32. The third kappa shape index (κ3) is 4.69. The standard InChI is InChI=1S/C20H24N2O2/c1-4-17-7-5-6-8-19(17)22(16(3)23)14-13-20(24)21-18-11-9-15(2)10-12-18/h5-12H,4,13-14H2,1-3H3,(H,21,24). The maximum Gasteiger partial charge on any atom is 0.226 e. The molecule has 0 saturated heterocycles. The van der Waals surface area contributed by atoms with Gasteiger partial charge in [-0.25, -0.2) is 0 Å². The quantitative estimate of drug-likeness (QED) is 0.875. The Balaban J connectivity index is 2.02. The Morgan fingerprint density at radius 2 is 1.71 bits per heavy atom. The van der Waals surface area contributed by atoms with Crippen LogP contribution in [-0.4, -0.2) is 18.4 Å². The molecule has 126 valence electrons. The van der Waals surface area contributed by atoms with Crippen molar-refractivity contribution in [3.63, 3.8) is 0 Å². The van der Waals surface area contributed by atoms with Gasteiger partial charge in [0.1, 0.15) is 0 Å². The topological polar surface area (TPSA) is 49.4 Å². The summed E-state index contributed by atoms with van der Waals surface area (Å²) in [5, 5.41) is 2.87. The highest BCUT2D eigenvalue weighted by molar-refractivity contribution is 5.95. The van der Waals surface area contributed by atoms with Crippen molar-refractivity contribution in [1.82, 2.24) is 0 Å². The molecular weight excluding hydrogens is 300 g/mol. The average Bonchev–Trinajstić information content (AvgIpc) is 2.57. The molecule has 4 nitrogen and oxygen atoms in total. The molecular formula is C20H24N2O2.